The number of fused-ring (bicyclic) bond motifs is 1. The van der Waals surface area contributed by atoms with E-state index in [0.717, 1.165) is 32.4 Å². The Hall–Kier alpha value is -2.58. The number of aromatic hydroxyl groups is 1. The lowest BCUT2D eigenvalue weighted by atomic mass is 10.1. The topological polar surface area (TPSA) is 112 Å². The van der Waals surface area contributed by atoms with Crippen molar-refractivity contribution in [2.24, 2.45) is 5.73 Å². The zero-order valence-corrected chi connectivity index (χ0v) is 15.1. The highest BCUT2D eigenvalue weighted by atomic mass is 16.3. The Labute approximate surface area is 156 Å². The van der Waals surface area contributed by atoms with Gasteiger partial charge in [0.05, 0.1) is 23.7 Å². The van der Waals surface area contributed by atoms with Gasteiger partial charge in [-0.15, -0.1) is 0 Å². The first kappa shape index (κ1) is 17.8. The van der Waals surface area contributed by atoms with Crippen LogP contribution >= 0.6 is 0 Å². The minimum atomic E-state index is -0.282. The van der Waals surface area contributed by atoms with Crippen LogP contribution in [0.1, 0.15) is 29.6 Å². The molecular formula is C19H24N4O4. The van der Waals surface area contributed by atoms with Crippen LogP contribution in [0.5, 0.6) is 5.75 Å². The zero-order chi connectivity index (χ0) is 19.0. The number of rotatable bonds is 4. The van der Waals surface area contributed by atoms with E-state index < -0.39 is 0 Å². The van der Waals surface area contributed by atoms with Gasteiger partial charge in [0.25, 0.3) is 5.91 Å². The highest BCUT2D eigenvalue weighted by Crippen LogP contribution is 2.29. The van der Waals surface area contributed by atoms with Gasteiger partial charge in [0.2, 0.25) is 5.91 Å². The fraction of sp³-hybridized carbons (Fsp3) is 0.474. The van der Waals surface area contributed by atoms with Gasteiger partial charge in [0.15, 0.2) is 0 Å². The van der Waals surface area contributed by atoms with Crippen LogP contribution in [0.15, 0.2) is 28.9 Å². The smallest absolute Gasteiger partial charge is 0.255 e. The van der Waals surface area contributed by atoms with E-state index in [9.17, 15) is 14.7 Å². The first-order valence-electron chi connectivity index (χ1n) is 9.30. The molecule has 1 aromatic heterocycles. The van der Waals surface area contributed by atoms with Crippen molar-refractivity contribution in [1.82, 2.24) is 15.1 Å². The number of carbonyl (C=O) groups excluding carboxylic acids is 2. The summed E-state index contributed by atoms with van der Waals surface area (Å²) in [4.78, 5) is 28.8. The number of amides is 2. The highest BCUT2D eigenvalue weighted by molar-refractivity contribution is 6.08. The predicted molar refractivity (Wildman–Crippen MR) is 99.1 cm³/mol. The van der Waals surface area contributed by atoms with Gasteiger partial charge in [-0.1, -0.05) is 6.07 Å². The Morgan fingerprint density at radius 3 is 2.93 bits per heavy atom. The average molecular weight is 372 g/mol. The van der Waals surface area contributed by atoms with Crippen molar-refractivity contribution in [3.05, 3.63) is 30.0 Å². The minimum absolute atomic E-state index is 0.0204. The van der Waals surface area contributed by atoms with E-state index in [1.807, 2.05) is 4.90 Å². The molecular weight excluding hydrogens is 348 g/mol. The SMILES string of the molecule is N[C@@H]1CCCN1C(=O)CN1CC[C@H](NC(=O)c2coc3cccc(O)c23)C1. The summed E-state index contributed by atoms with van der Waals surface area (Å²) in [7, 11) is 0. The lowest BCUT2D eigenvalue weighted by Crippen LogP contribution is -2.46. The minimum Gasteiger partial charge on any atom is -0.507 e. The lowest BCUT2D eigenvalue weighted by Gasteiger charge is -2.24. The molecule has 2 aliphatic heterocycles. The van der Waals surface area contributed by atoms with Crippen LogP contribution in [0.4, 0.5) is 0 Å². The van der Waals surface area contributed by atoms with Crippen molar-refractivity contribution in [2.75, 3.05) is 26.2 Å². The predicted octanol–water partition coefficient (Wildman–Crippen LogP) is 0.850. The average Bonchev–Trinajstić information content (AvgIpc) is 3.35. The van der Waals surface area contributed by atoms with Crippen molar-refractivity contribution in [1.29, 1.82) is 0 Å². The molecule has 0 spiro atoms. The molecule has 2 atom stereocenters. The van der Waals surface area contributed by atoms with Crippen molar-refractivity contribution in [3.8, 4) is 5.75 Å². The number of phenolic OH excluding ortho intramolecular Hbond substituents is 1. The van der Waals surface area contributed by atoms with Crippen molar-refractivity contribution < 1.29 is 19.1 Å². The van der Waals surface area contributed by atoms with Crippen LogP contribution in [0, 0.1) is 0 Å². The Morgan fingerprint density at radius 1 is 1.30 bits per heavy atom. The second kappa shape index (κ2) is 7.21. The molecule has 0 unspecified atom stereocenters. The highest BCUT2D eigenvalue weighted by Gasteiger charge is 2.31. The monoisotopic (exact) mass is 372 g/mol. The molecule has 0 saturated carbocycles. The molecule has 3 heterocycles. The van der Waals surface area contributed by atoms with E-state index >= 15 is 0 Å². The third-order valence-electron chi connectivity index (χ3n) is 5.41. The Kier molecular flexibility index (Phi) is 4.75. The summed E-state index contributed by atoms with van der Waals surface area (Å²) in [5, 5.41) is 13.4. The molecule has 27 heavy (non-hydrogen) atoms. The number of benzene rings is 1. The molecule has 8 nitrogen and oxygen atoms in total. The molecule has 0 bridgehead atoms. The fourth-order valence-electron chi connectivity index (χ4n) is 3.98. The van der Waals surface area contributed by atoms with E-state index in [1.54, 1.807) is 17.0 Å². The summed E-state index contributed by atoms with van der Waals surface area (Å²) in [5.74, 6) is -0.209. The maximum absolute atomic E-state index is 12.6. The molecule has 2 saturated heterocycles. The number of phenols is 1. The van der Waals surface area contributed by atoms with Crippen LogP contribution in [0.25, 0.3) is 11.0 Å². The number of hydrogen-bond donors (Lipinski definition) is 3. The summed E-state index contributed by atoms with van der Waals surface area (Å²) < 4.78 is 5.36. The number of nitrogens with zero attached hydrogens (tertiary/aromatic N) is 2. The van der Waals surface area contributed by atoms with Crippen molar-refractivity contribution in [3.63, 3.8) is 0 Å². The van der Waals surface area contributed by atoms with Crippen LogP contribution < -0.4 is 11.1 Å². The number of likely N-dealkylation sites (tertiary alicyclic amines) is 2. The molecule has 144 valence electrons. The summed E-state index contributed by atoms with van der Waals surface area (Å²) in [6.45, 7) is 2.42. The number of furan rings is 1. The van der Waals surface area contributed by atoms with Crippen LogP contribution in [0.2, 0.25) is 0 Å². The van der Waals surface area contributed by atoms with Crippen molar-refractivity contribution in [2.45, 2.75) is 31.5 Å². The zero-order valence-electron chi connectivity index (χ0n) is 15.1. The molecule has 1 aromatic carbocycles. The second-order valence-corrected chi connectivity index (χ2v) is 7.29. The second-order valence-electron chi connectivity index (χ2n) is 7.29. The van der Waals surface area contributed by atoms with E-state index in [2.05, 4.69) is 5.32 Å². The Balaban J connectivity index is 1.35. The molecule has 0 radical (unpaired) electrons. The molecule has 2 aromatic rings. The molecule has 4 rings (SSSR count). The quantitative estimate of drug-likeness (QED) is 0.734. The van der Waals surface area contributed by atoms with Gasteiger partial charge in [-0.25, -0.2) is 0 Å². The standard InChI is InChI=1S/C19H24N4O4/c20-16-5-2-7-23(16)17(25)10-22-8-6-12(9-22)21-19(26)13-11-27-15-4-1-3-14(24)18(13)15/h1,3-4,11-12,16,24H,2,5-10,20H2,(H,21,26)/t12-,16-/m0/s1. The summed E-state index contributed by atoms with van der Waals surface area (Å²) in [5.41, 5.74) is 6.75. The van der Waals surface area contributed by atoms with E-state index in [-0.39, 0.29) is 29.8 Å². The van der Waals surface area contributed by atoms with Gasteiger partial charge in [0, 0.05) is 25.7 Å². The molecule has 0 aliphatic carbocycles. The lowest BCUT2D eigenvalue weighted by molar-refractivity contribution is -0.132. The van der Waals surface area contributed by atoms with Gasteiger partial charge >= 0.3 is 0 Å². The van der Waals surface area contributed by atoms with Gasteiger partial charge in [-0.3, -0.25) is 14.5 Å². The Bertz CT molecular complexity index is 865. The Morgan fingerprint density at radius 2 is 2.15 bits per heavy atom. The van der Waals surface area contributed by atoms with E-state index in [4.69, 9.17) is 10.2 Å². The summed E-state index contributed by atoms with van der Waals surface area (Å²) in [6.07, 6.45) is 3.78. The number of hydrogen-bond acceptors (Lipinski definition) is 6. The van der Waals surface area contributed by atoms with Gasteiger partial charge < -0.3 is 25.5 Å². The third kappa shape index (κ3) is 3.50. The van der Waals surface area contributed by atoms with Gasteiger partial charge in [-0.05, 0) is 31.4 Å². The van der Waals surface area contributed by atoms with Crippen molar-refractivity contribution >= 4 is 22.8 Å². The molecule has 2 fully saturated rings. The fourth-order valence-corrected chi connectivity index (χ4v) is 3.98. The molecule has 2 amide bonds. The van der Waals surface area contributed by atoms with Gasteiger partial charge in [-0.2, -0.15) is 0 Å². The third-order valence-corrected chi connectivity index (χ3v) is 5.41. The number of carbonyl (C=O) groups is 2. The van der Waals surface area contributed by atoms with Gasteiger partial charge in [0.1, 0.15) is 17.6 Å². The van der Waals surface area contributed by atoms with E-state index in [1.165, 1.54) is 12.3 Å². The van der Waals surface area contributed by atoms with Crippen LogP contribution in [-0.4, -0.2) is 65.1 Å². The van der Waals surface area contributed by atoms with Crippen LogP contribution in [0.3, 0.4) is 0 Å². The normalized spacial score (nSPS) is 23.2. The van der Waals surface area contributed by atoms with Crippen LogP contribution in [-0.2, 0) is 4.79 Å². The van der Waals surface area contributed by atoms with E-state index in [0.29, 0.717) is 29.6 Å². The summed E-state index contributed by atoms with van der Waals surface area (Å²) >= 11 is 0. The maximum Gasteiger partial charge on any atom is 0.255 e. The molecule has 2 aliphatic rings. The summed E-state index contributed by atoms with van der Waals surface area (Å²) in [6, 6.07) is 4.85. The number of nitrogens with two attached hydrogens (primary N) is 1. The maximum atomic E-state index is 12.6. The molecule has 4 N–H and O–H groups in total. The largest absolute Gasteiger partial charge is 0.507 e. The first-order chi connectivity index (χ1) is 13.0. The first-order valence-corrected chi connectivity index (χ1v) is 9.30. The molecule has 8 heteroatoms. The number of nitrogens with one attached hydrogen (secondary N) is 1.